The number of hydrogen-bond acceptors (Lipinski definition) is 6. The zero-order valence-electron chi connectivity index (χ0n) is 17.1. The van der Waals surface area contributed by atoms with Crippen molar-refractivity contribution in [2.75, 3.05) is 23.5 Å². The number of nitrogens with two attached hydrogens (primary N) is 1. The van der Waals surface area contributed by atoms with Gasteiger partial charge in [0.2, 0.25) is 5.91 Å². The van der Waals surface area contributed by atoms with E-state index < -0.39 is 23.7 Å². The number of hydrogen-bond donors (Lipinski definition) is 2. The maximum absolute atomic E-state index is 13.3. The van der Waals surface area contributed by atoms with Gasteiger partial charge in [0.1, 0.15) is 29.9 Å². The molecule has 0 aromatic heterocycles. The number of amides is 2. The number of carbonyl (C=O) groups excluding carboxylic acids is 2. The summed E-state index contributed by atoms with van der Waals surface area (Å²) in [5.74, 6) is -1.16. The molecule has 0 saturated carbocycles. The van der Waals surface area contributed by atoms with Crippen molar-refractivity contribution in [1.29, 1.82) is 0 Å². The van der Waals surface area contributed by atoms with Crippen LogP contribution in [0.2, 0.25) is 5.02 Å². The fourth-order valence-electron chi connectivity index (χ4n) is 3.58. The molecule has 32 heavy (non-hydrogen) atoms. The van der Waals surface area contributed by atoms with Crippen LogP contribution in [0.25, 0.3) is 0 Å². The molecule has 2 aromatic carbocycles. The fourth-order valence-corrected chi connectivity index (χ4v) is 3.75. The molecule has 2 unspecified atom stereocenters. The van der Waals surface area contributed by atoms with Gasteiger partial charge in [0.05, 0.1) is 17.5 Å². The van der Waals surface area contributed by atoms with Crippen LogP contribution in [-0.4, -0.2) is 42.9 Å². The topological polar surface area (TPSA) is 106 Å². The number of hydrazone groups is 1. The number of nitrogens with one attached hydrogen (secondary N) is 1. The highest BCUT2D eigenvalue weighted by atomic mass is 35.5. The molecule has 8 nitrogen and oxygen atoms in total. The predicted molar refractivity (Wildman–Crippen MR) is 118 cm³/mol. The van der Waals surface area contributed by atoms with Crippen LogP contribution < -0.4 is 20.8 Å². The summed E-state index contributed by atoms with van der Waals surface area (Å²) in [4.78, 5) is 24.9. The van der Waals surface area contributed by atoms with E-state index in [-0.39, 0.29) is 18.2 Å². The molecule has 0 bridgehead atoms. The second-order valence-electron chi connectivity index (χ2n) is 7.53. The van der Waals surface area contributed by atoms with E-state index >= 15 is 0 Å². The van der Waals surface area contributed by atoms with Crippen LogP contribution in [0.1, 0.15) is 19.3 Å². The lowest BCUT2D eigenvalue weighted by atomic mass is 10.1. The van der Waals surface area contributed by atoms with Crippen LogP contribution >= 0.6 is 11.6 Å². The lowest BCUT2D eigenvalue weighted by Crippen LogP contribution is -2.39. The van der Waals surface area contributed by atoms with E-state index in [9.17, 15) is 14.0 Å². The van der Waals surface area contributed by atoms with Gasteiger partial charge >= 0.3 is 0 Å². The minimum absolute atomic E-state index is 0.00517. The molecule has 10 heteroatoms. The van der Waals surface area contributed by atoms with Crippen molar-refractivity contribution in [3.63, 3.8) is 0 Å². The molecular weight excluding hydrogens is 439 g/mol. The molecule has 2 heterocycles. The van der Waals surface area contributed by atoms with E-state index in [0.29, 0.717) is 35.4 Å². The highest BCUT2D eigenvalue weighted by Gasteiger charge is 2.35. The van der Waals surface area contributed by atoms with Gasteiger partial charge in [0.25, 0.3) is 5.91 Å². The molecule has 168 valence electrons. The van der Waals surface area contributed by atoms with Crippen LogP contribution in [-0.2, 0) is 14.3 Å². The summed E-state index contributed by atoms with van der Waals surface area (Å²) in [6.07, 6.45) is 1.92. The van der Waals surface area contributed by atoms with Crippen LogP contribution in [0.15, 0.2) is 47.6 Å². The summed E-state index contributed by atoms with van der Waals surface area (Å²) in [6.45, 7) is 1.07. The minimum Gasteiger partial charge on any atom is -0.489 e. The van der Waals surface area contributed by atoms with Gasteiger partial charge in [-0.1, -0.05) is 11.6 Å². The first-order valence-electron chi connectivity index (χ1n) is 10.2. The molecule has 0 aliphatic carbocycles. The van der Waals surface area contributed by atoms with Crippen LogP contribution in [0, 0.1) is 5.82 Å². The SMILES string of the molecule is NC(=O)C1CC(C(=O)Nc2cc(Cl)ccc2OCC2CCCO2)=NN1c1ccc(F)cc1. The third-order valence-electron chi connectivity index (χ3n) is 5.23. The Kier molecular flexibility index (Phi) is 6.57. The monoisotopic (exact) mass is 460 g/mol. The van der Waals surface area contributed by atoms with Crippen molar-refractivity contribution in [2.45, 2.75) is 31.4 Å². The molecule has 0 spiro atoms. The van der Waals surface area contributed by atoms with E-state index in [1.807, 2.05) is 0 Å². The highest BCUT2D eigenvalue weighted by molar-refractivity contribution is 6.44. The van der Waals surface area contributed by atoms with Crippen LogP contribution in [0.3, 0.4) is 0 Å². The summed E-state index contributed by atoms with van der Waals surface area (Å²) in [6, 6.07) is 9.44. The number of carbonyl (C=O) groups is 2. The molecule has 2 aliphatic rings. The van der Waals surface area contributed by atoms with Gasteiger partial charge in [-0.3, -0.25) is 14.6 Å². The third-order valence-corrected chi connectivity index (χ3v) is 5.47. The fraction of sp³-hybridized carbons (Fsp3) is 0.318. The molecule has 3 N–H and O–H groups in total. The lowest BCUT2D eigenvalue weighted by molar-refractivity contribution is -0.119. The van der Waals surface area contributed by atoms with E-state index in [1.54, 1.807) is 18.2 Å². The van der Waals surface area contributed by atoms with E-state index in [2.05, 4.69) is 10.4 Å². The first-order chi connectivity index (χ1) is 15.4. The third kappa shape index (κ3) is 5.00. The van der Waals surface area contributed by atoms with Crippen molar-refractivity contribution in [2.24, 2.45) is 10.8 Å². The molecule has 2 atom stereocenters. The van der Waals surface area contributed by atoms with Crippen LogP contribution in [0.4, 0.5) is 15.8 Å². The average Bonchev–Trinajstić information content (AvgIpc) is 3.44. The Labute approximate surface area is 189 Å². The Balaban J connectivity index is 1.51. The highest BCUT2D eigenvalue weighted by Crippen LogP contribution is 2.30. The van der Waals surface area contributed by atoms with Gasteiger partial charge in [-0.2, -0.15) is 5.10 Å². The summed E-state index contributed by atoms with van der Waals surface area (Å²) >= 11 is 6.11. The second kappa shape index (κ2) is 9.54. The number of anilines is 2. The van der Waals surface area contributed by atoms with Gasteiger partial charge in [-0.25, -0.2) is 4.39 Å². The predicted octanol–water partition coefficient (Wildman–Crippen LogP) is 3.10. The van der Waals surface area contributed by atoms with Gasteiger partial charge in [0.15, 0.2) is 0 Å². The Morgan fingerprint density at radius 1 is 1.28 bits per heavy atom. The Hall–Kier alpha value is -3.17. The summed E-state index contributed by atoms with van der Waals surface area (Å²) in [5, 5.41) is 8.76. The normalized spacial score (nSPS) is 20.2. The van der Waals surface area contributed by atoms with Crippen molar-refractivity contribution in [3.8, 4) is 5.75 Å². The van der Waals surface area contributed by atoms with E-state index in [0.717, 1.165) is 12.8 Å². The Morgan fingerprint density at radius 2 is 2.06 bits per heavy atom. The average molecular weight is 461 g/mol. The number of ether oxygens (including phenoxy) is 2. The first kappa shape index (κ1) is 22.0. The van der Waals surface area contributed by atoms with Crippen molar-refractivity contribution in [1.82, 2.24) is 0 Å². The molecule has 2 amide bonds. The lowest BCUT2D eigenvalue weighted by Gasteiger charge is -2.20. The van der Waals surface area contributed by atoms with Crippen LogP contribution in [0.5, 0.6) is 5.75 Å². The molecular formula is C22H22ClFN4O4. The Morgan fingerprint density at radius 3 is 2.75 bits per heavy atom. The number of rotatable bonds is 7. The molecule has 0 radical (unpaired) electrons. The molecule has 2 aliphatic heterocycles. The van der Waals surface area contributed by atoms with Gasteiger partial charge in [0, 0.05) is 18.1 Å². The van der Waals surface area contributed by atoms with Gasteiger partial charge < -0.3 is 20.5 Å². The molecule has 1 fully saturated rings. The van der Waals surface area contributed by atoms with E-state index in [4.69, 9.17) is 26.8 Å². The number of halogens is 2. The van der Waals surface area contributed by atoms with Crippen molar-refractivity contribution >= 4 is 40.5 Å². The standard InChI is InChI=1S/C22H22ClFN4O4/c23-13-3-8-20(32-12-16-2-1-9-31-16)17(10-13)26-22(30)18-11-19(21(25)29)28(27-18)15-6-4-14(24)5-7-15/h3-8,10,16,19H,1-2,9,11-12H2,(H2,25,29)(H,26,30). The van der Waals surface area contributed by atoms with Crippen molar-refractivity contribution in [3.05, 3.63) is 53.3 Å². The molecule has 4 rings (SSSR count). The molecule has 2 aromatic rings. The molecule has 1 saturated heterocycles. The maximum atomic E-state index is 13.3. The van der Waals surface area contributed by atoms with Gasteiger partial charge in [-0.05, 0) is 55.3 Å². The minimum atomic E-state index is -0.865. The van der Waals surface area contributed by atoms with Crippen molar-refractivity contribution < 1.29 is 23.5 Å². The van der Waals surface area contributed by atoms with Gasteiger partial charge in [-0.15, -0.1) is 0 Å². The zero-order chi connectivity index (χ0) is 22.7. The smallest absolute Gasteiger partial charge is 0.272 e. The zero-order valence-corrected chi connectivity index (χ0v) is 17.8. The first-order valence-corrected chi connectivity index (χ1v) is 10.6. The quantitative estimate of drug-likeness (QED) is 0.660. The maximum Gasteiger partial charge on any atom is 0.272 e. The number of benzene rings is 2. The van der Waals surface area contributed by atoms with E-state index in [1.165, 1.54) is 29.3 Å². The summed E-state index contributed by atoms with van der Waals surface area (Å²) in [5.41, 5.74) is 6.42. The summed E-state index contributed by atoms with van der Waals surface area (Å²) < 4.78 is 24.7. The largest absolute Gasteiger partial charge is 0.489 e. The number of nitrogens with zero attached hydrogens (tertiary/aromatic N) is 2. The number of primary amides is 1. The summed E-state index contributed by atoms with van der Waals surface area (Å²) in [7, 11) is 0. The second-order valence-corrected chi connectivity index (χ2v) is 7.97. The Bertz CT molecular complexity index is 1040.